The highest BCUT2D eigenvalue weighted by Gasteiger charge is 2.22. The molecule has 9 nitrogen and oxygen atoms in total. The van der Waals surface area contributed by atoms with Gasteiger partial charge >= 0.3 is 13.3 Å². The van der Waals surface area contributed by atoms with Gasteiger partial charge in [0.2, 0.25) is 0 Å². The average molecular weight is 415 g/mol. The van der Waals surface area contributed by atoms with Gasteiger partial charge in [-0.25, -0.2) is 4.79 Å². The first kappa shape index (κ1) is 22.8. The molecule has 1 aliphatic rings. The van der Waals surface area contributed by atoms with E-state index in [4.69, 9.17) is 24.3 Å². The van der Waals surface area contributed by atoms with Crippen LogP contribution in [0, 0.1) is 0 Å². The Hall–Kier alpha value is -1.51. The summed E-state index contributed by atoms with van der Waals surface area (Å²) in [5, 5.41) is 0. The Morgan fingerprint density at radius 3 is 2.75 bits per heavy atom. The lowest BCUT2D eigenvalue weighted by Crippen LogP contribution is -2.29. The minimum absolute atomic E-state index is 0.180. The molecule has 0 aliphatic carbocycles. The lowest BCUT2D eigenvalue weighted by atomic mass is 10.2. The van der Waals surface area contributed by atoms with Gasteiger partial charge in [-0.3, -0.25) is 9.13 Å². The van der Waals surface area contributed by atoms with Crippen LogP contribution in [0.3, 0.4) is 0 Å². The molecule has 10 heteroatoms. The molecule has 2 rings (SSSR count). The van der Waals surface area contributed by atoms with Crippen molar-refractivity contribution in [2.45, 2.75) is 58.5 Å². The van der Waals surface area contributed by atoms with Gasteiger partial charge in [0.05, 0.1) is 19.3 Å². The van der Waals surface area contributed by atoms with Crippen LogP contribution in [0.2, 0.25) is 0 Å². The SMILES string of the molecule is CCOP(=O)(C=C[C@@H](CCn1ccc(N)nc1=O)O[C@H]1CCCCO1)OCC. The molecule has 28 heavy (non-hydrogen) atoms. The van der Waals surface area contributed by atoms with Crippen molar-refractivity contribution in [3.05, 3.63) is 34.6 Å². The number of hydrogen-bond donors (Lipinski definition) is 1. The van der Waals surface area contributed by atoms with Crippen LogP contribution < -0.4 is 11.4 Å². The third-order valence-corrected chi connectivity index (χ3v) is 5.89. The number of aryl methyl sites for hydroxylation is 1. The first-order valence-electron chi connectivity index (χ1n) is 9.64. The number of rotatable bonds is 11. The van der Waals surface area contributed by atoms with Crippen molar-refractivity contribution in [3.63, 3.8) is 0 Å². The molecule has 0 saturated carbocycles. The lowest BCUT2D eigenvalue weighted by molar-refractivity contribution is -0.179. The van der Waals surface area contributed by atoms with Crippen LogP contribution in [-0.4, -0.2) is 41.8 Å². The molecular weight excluding hydrogens is 385 g/mol. The summed E-state index contributed by atoms with van der Waals surface area (Å²) in [7, 11) is -3.34. The van der Waals surface area contributed by atoms with Crippen molar-refractivity contribution in [1.82, 2.24) is 9.55 Å². The molecule has 0 spiro atoms. The van der Waals surface area contributed by atoms with Crippen LogP contribution in [0.4, 0.5) is 5.82 Å². The van der Waals surface area contributed by atoms with E-state index in [1.54, 1.807) is 32.2 Å². The quantitative estimate of drug-likeness (QED) is 0.549. The second-order valence-electron chi connectivity index (χ2n) is 6.30. The summed E-state index contributed by atoms with van der Waals surface area (Å²) >= 11 is 0. The Bertz CT molecular complexity index is 722. The molecule has 1 aliphatic heterocycles. The van der Waals surface area contributed by atoms with Gasteiger partial charge in [0.15, 0.2) is 6.29 Å². The van der Waals surface area contributed by atoms with Crippen molar-refractivity contribution >= 4 is 13.4 Å². The van der Waals surface area contributed by atoms with E-state index >= 15 is 0 Å². The number of aromatic nitrogens is 2. The maximum absolute atomic E-state index is 12.7. The Labute approximate surface area is 165 Å². The van der Waals surface area contributed by atoms with Gasteiger partial charge in [-0.15, -0.1) is 0 Å². The smallest absolute Gasteiger partial charge is 0.353 e. The van der Waals surface area contributed by atoms with Gasteiger partial charge in [0.1, 0.15) is 5.82 Å². The first-order chi connectivity index (χ1) is 13.5. The highest BCUT2D eigenvalue weighted by Crippen LogP contribution is 2.49. The molecule has 1 fully saturated rings. The van der Waals surface area contributed by atoms with Crippen LogP contribution in [0.15, 0.2) is 29.0 Å². The second-order valence-corrected chi connectivity index (χ2v) is 8.20. The monoisotopic (exact) mass is 415 g/mol. The second kappa shape index (κ2) is 11.5. The molecule has 0 amide bonds. The van der Waals surface area contributed by atoms with E-state index in [1.807, 2.05) is 0 Å². The van der Waals surface area contributed by atoms with E-state index in [1.165, 1.54) is 10.4 Å². The van der Waals surface area contributed by atoms with Gasteiger partial charge in [-0.05, 0) is 51.7 Å². The number of ether oxygens (including phenoxy) is 2. The maximum Gasteiger partial charge on any atom is 0.353 e. The van der Waals surface area contributed by atoms with Crippen molar-refractivity contribution in [3.8, 4) is 0 Å². The fraction of sp³-hybridized carbons (Fsp3) is 0.667. The van der Waals surface area contributed by atoms with E-state index in [2.05, 4.69) is 4.98 Å². The number of nitrogens with two attached hydrogens (primary N) is 1. The molecular formula is C18H30N3O6P. The summed E-state index contributed by atoms with van der Waals surface area (Å²) < 4.78 is 36.4. The first-order valence-corrected chi connectivity index (χ1v) is 11.2. The summed E-state index contributed by atoms with van der Waals surface area (Å²) in [6.45, 7) is 5.06. The summed E-state index contributed by atoms with van der Waals surface area (Å²) in [5.74, 6) is 1.61. The fourth-order valence-corrected chi connectivity index (χ4v) is 4.16. The molecule has 1 saturated heterocycles. The topological polar surface area (TPSA) is 115 Å². The molecule has 1 aromatic rings. The van der Waals surface area contributed by atoms with Crippen LogP contribution in [0.1, 0.15) is 39.5 Å². The number of nitrogen functional groups attached to an aromatic ring is 1. The third-order valence-electron chi connectivity index (χ3n) is 4.12. The number of hydrogen-bond acceptors (Lipinski definition) is 8. The summed E-state index contributed by atoms with van der Waals surface area (Å²) in [5.41, 5.74) is 5.10. The normalized spacial score (nSPS) is 19.1. The lowest BCUT2D eigenvalue weighted by Gasteiger charge is -2.26. The van der Waals surface area contributed by atoms with Gasteiger partial charge in [0, 0.05) is 25.2 Å². The molecule has 158 valence electrons. The summed E-state index contributed by atoms with van der Waals surface area (Å²) in [6, 6.07) is 1.57. The molecule has 0 unspecified atom stereocenters. The molecule has 2 N–H and O–H groups in total. The van der Waals surface area contributed by atoms with Crippen LogP contribution in [-0.2, 0) is 29.6 Å². The molecule has 1 aromatic heterocycles. The van der Waals surface area contributed by atoms with E-state index < -0.39 is 19.4 Å². The standard InChI is InChI=1S/C18H30N3O6P/c1-3-25-28(23,26-4-2)14-10-15(27-17-7-5-6-13-24-17)8-11-21-12-9-16(19)20-18(21)22/h9-10,12,14-15,17H,3-8,11,13H2,1-2H3,(H2,19,20,22)/t15-,17+/m1/s1. The van der Waals surface area contributed by atoms with E-state index in [0.717, 1.165) is 19.3 Å². The average Bonchev–Trinajstić information content (AvgIpc) is 2.66. The third kappa shape index (κ3) is 7.48. The Balaban J connectivity index is 2.09. The molecule has 0 bridgehead atoms. The number of nitrogens with zero attached hydrogens (tertiary/aromatic N) is 2. The minimum atomic E-state index is -3.34. The number of anilines is 1. The van der Waals surface area contributed by atoms with E-state index in [-0.39, 0.29) is 25.3 Å². The van der Waals surface area contributed by atoms with Crippen molar-refractivity contribution in [1.29, 1.82) is 0 Å². The molecule has 2 atom stereocenters. The van der Waals surface area contributed by atoms with Gasteiger partial charge in [0.25, 0.3) is 0 Å². The van der Waals surface area contributed by atoms with Crippen LogP contribution in [0.5, 0.6) is 0 Å². The molecule has 2 heterocycles. The predicted octanol–water partition coefficient (Wildman–Crippen LogP) is 2.91. The Morgan fingerprint density at radius 2 is 2.14 bits per heavy atom. The Morgan fingerprint density at radius 1 is 1.39 bits per heavy atom. The van der Waals surface area contributed by atoms with Crippen LogP contribution >= 0.6 is 7.60 Å². The highest BCUT2D eigenvalue weighted by atomic mass is 31.2. The molecule has 0 radical (unpaired) electrons. The van der Waals surface area contributed by atoms with Gasteiger partial charge in [-0.1, -0.05) is 0 Å². The highest BCUT2D eigenvalue weighted by molar-refractivity contribution is 7.57. The zero-order valence-electron chi connectivity index (χ0n) is 16.5. The summed E-state index contributed by atoms with van der Waals surface area (Å²) in [4.78, 5) is 15.7. The zero-order chi connectivity index (χ0) is 20.4. The fourth-order valence-electron chi connectivity index (χ4n) is 2.79. The molecule has 0 aromatic carbocycles. The predicted molar refractivity (Wildman–Crippen MR) is 106 cm³/mol. The zero-order valence-corrected chi connectivity index (χ0v) is 17.4. The van der Waals surface area contributed by atoms with E-state index in [0.29, 0.717) is 19.6 Å². The summed E-state index contributed by atoms with van der Waals surface area (Å²) in [6.07, 6.45) is 5.79. The van der Waals surface area contributed by atoms with Crippen molar-refractivity contribution < 1.29 is 23.1 Å². The Kier molecular flexibility index (Phi) is 9.34. The van der Waals surface area contributed by atoms with Crippen molar-refractivity contribution in [2.75, 3.05) is 25.6 Å². The maximum atomic E-state index is 12.7. The van der Waals surface area contributed by atoms with Gasteiger partial charge in [-0.2, -0.15) is 4.98 Å². The van der Waals surface area contributed by atoms with E-state index in [9.17, 15) is 9.36 Å². The van der Waals surface area contributed by atoms with Gasteiger partial charge < -0.3 is 24.3 Å². The largest absolute Gasteiger partial charge is 0.383 e. The van der Waals surface area contributed by atoms with Crippen molar-refractivity contribution in [2.24, 2.45) is 0 Å². The van der Waals surface area contributed by atoms with Crippen LogP contribution in [0.25, 0.3) is 0 Å². The minimum Gasteiger partial charge on any atom is -0.383 e.